The van der Waals surface area contributed by atoms with Crippen molar-refractivity contribution < 1.29 is 14.3 Å². The number of pyridine rings is 1. The number of likely N-dealkylation sites (N-methyl/N-ethyl adjacent to an activating group) is 1. The average Bonchev–Trinajstić information content (AvgIpc) is 2.77. The molecule has 0 radical (unpaired) electrons. The fraction of sp³-hybridized carbons (Fsp3) is 0.381. The van der Waals surface area contributed by atoms with Crippen molar-refractivity contribution in [3.63, 3.8) is 0 Å². The van der Waals surface area contributed by atoms with Crippen molar-refractivity contribution in [2.24, 2.45) is 5.73 Å². The quantitative estimate of drug-likeness (QED) is 0.745. The molecule has 1 aromatic heterocycles. The van der Waals surface area contributed by atoms with Gasteiger partial charge in [0.1, 0.15) is 5.75 Å². The van der Waals surface area contributed by atoms with Crippen LogP contribution in [-0.2, 0) is 6.54 Å². The minimum absolute atomic E-state index is 0.0547. The molecule has 0 bridgehead atoms. The number of Topliss-reactive ketones (excluding diaryl/α,β-unsaturated/α-hetero) is 1. The van der Waals surface area contributed by atoms with Gasteiger partial charge in [-0.3, -0.25) is 14.7 Å². The maximum atomic E-state index is 13.3. The number of rotatable bonds is 6. The number of hydrogen-bond donors (Lipinski definition) is 1. The van der Waals surface area contributed by atoms with Crippen LogP contribution in [0.15, 0.2) is 42.6 Å². The highest BCUT2D eigenvalue weighted by Gasteiger charge is 2.26. The monoisotopic (exact) mass is 397 g/mol. The van der Waals surface area contributed by atoms with E-state index < -0.39 is 0 Å². The van der Waals surface area contributed by atoms with E-state index in [4.69, 9.17) is 10.5 Å². The van der Waals surface area contributed by atoms with E-state index in [1.165, 1.54) is 6.20 Å². The van der Waals surface area contributed by atoms with E-state index in [0.717, 1.165) is 24.5 Å². The van der Waals surface area contributed by atoms with Crippen LogP contribution in [0.3, 0.4) is 0 Å². The summed E-state index contributed by atoms with van der Waals surface area (Å²) in [7, 11) is 3.66. The Morgan fingerprint density at radius 3 is 2.34 bits per heavy atom. The van der Waals surface area contributed by atoms with Crippen LogP contribution in [0.4, 0.5) is 10.5 Å². The molecule has 0 saturated carbocycles. The molecule has 2 aromatic rings. The Morgan fingerprint density at radius 2 is 1.79 bits per heavy atom. The van der Waals surface area contributed by atoms with Gasteiger partial charge in [0.25, 0.3) is 0 Å². The van der Waals surface area contributed by atoms with Crippen LogP contribution in [0.25, 0.3) is 0 Å². The lowest BCUT2D eigenvalue weighted by Gasteiger charge is -2.36. The first kappa shape index (κ1) is 20.8. The molecule has 29 heavy (non-hydrogen) atoms. The second kappa shape index (κ2) is 9.49. The van der Waals surface area contributed by atoms with E-state index in [-0.39, 0.29) is 18.4 Å². The van der Waals surface area contributed by atoms with Gasteiger partial charge in [-0.2, -0.15) is 0 Å². The number of hydrogen-bond acceptors (Lipinski definition) is 6. The van der Waals surface area contributed by atoms with E-state index in [0.29, 0.717) is 30.9 Å². The number of piperazine rings is 1. The molecule has 2 amide bonds. The van der Waals surface area contributed by atoms with Gasteiger partial charge in [-0.1, -0.05) is 0 Å². The molecular formula is C21H27N5O3. The van der Waals surface area contributed by atoms with E-state index in [2.05, 4.69) is 16.9 Å². The Balaban J connectivity index is 1.83. The Hall–Kier alpha value is -2.97. The van der Waals surface area contributed by atoms with Gasteiger partial charge in [-0.25, -0.2) is 4.79 Å². The van der Waals surface area contributed by atoms with Crippen LogP contribution in [0.2, 0.25) is 0 Å². The summed E-state index contributed by atoms with van der Waals surface area (Å²) in [6.45, 7) is 3.29. The number of ketones is 1. The van der Waals surface area contributed by atoms with E-state index >= 15 is 0 Å². The second-order valence-electron chi connectivity index (χ2n) is 7.02. The van der Waals surface area contributed by atoms with Crippen LogP contribution in [0.1, 0.15) is 16.1 Å². The molecule has 1 fully saturated rings. The number of aromatic nitrogens is 1. The summed E-state index contributed by atoms with van der Waals surface area (Å²) >= 11 is 0. The number of benzene rings is 1. The Kier molecular flexibility index (Phi) is 6.79. The Morgan fingerprint density at radius 1 is 1.10 bits per heavy atom. The standard InChI is InChI=1S/C21H27N5O3/c1-24-9-11-25(12-10-24)21(28)26(18-5-7-19(29-2)8-6-18)15-17-4-3-16(14-23-17)20(27)13-22/h3-8,14H,9-13,15,22H2,1-2H3. The van der Waals surface area contributed by atoms with Gasteiger partial charge in [-0.15, -0.1) is 0 Å². The minimum Gasteiger partial charge on any atom is -0.497 e. The molecule has 1 aliphatic heterocycles. The molecule has 0 unspecified atom stereocenters. The SMILES string of the molecule is COc1ccc(N(Cc2ccc(C(=O)CN)cn2)C(=O)N2CCN(C)CC2)cc1. The third-order valence-corrected chi connectivity index (χ3v) is 5.04. The molecule has 0 aliphatic carbocycles. The lowest BCUT2D eigenvalue weighted by atomic mass is 10.1. The number of amides is 2. The molecule has 8 heteroatoms. The number of carbonyl (C=O) groups is 2. The van der Waals surface area contributed by atoms with Gasteiger partial charge in [-0.05, 0) is 43.4 Å². The number of anilines is 1. The van der Waals surface area contributed by atoms with Gasteiger partial charge in [0, 0.05) is 43.6 Å². The van der Waals surface area contributed by atoms with Crippen molar-refractivity contribution in [1.29, 1.82) is 0 Å². The van der Waals surface area contributed by atoms with Gasteiger partial charge in [0.15, 0.2) is 5.78 Å². The summed E-state index contributed by atoms with van der Waals surface area (Å²) in [5.74, 6) is 0.563. The maximum Gasteiger partial charge on any atom is 0.324 e. The van der Waals surface area contributed by atoms with Gasteiger partial charge in [0.05, 0.1) is 25.9 Å². The Labute approximate surface area is 170 Å². The normalized spacial score (nSPS) is 14.5. The average molecular weight is 397 g/mol. The van der Waals surface area contributed by atoms with Gasteiger partial charge < -0.3 is 20.3 Å². The molecule has 1 saturated heterocycles. The lowest BCUT2D eigenvalue weighted by molar-refractivity contribution is 0.100. The minimum atomic E-state index is -0.162. The van der Waals surface area contributed by atoms with Gasteiger partial charge >= 0.3 is 6.03 Å². The van der Waals surface area contributed by atoms with Crippen LogP contribution >= 0.6 is 0 Å². The fourth-order valence-electron chi connectivity index (χ4n) is 3.16. The van der Waals surface area contributed by atoms with Crippen LogP contribution in [0, 0.1) is 0 Å². The third kappa shape index (κ3) is 5.10. The summed E-state index contributed by atoms with van der Waals surface area (Å²) in [5, 5.41) is 0. The molecule has 3 rings (SSSR count). The van der Waals surface area contributed by atoms with Crippen LogP contribution in [-0.4, -0.2) is 73.5 Å². The van der Waals surface area contributed by atoms with E-state index in [9.17, 15) is 9.59 Å². The van der Waals surface area contributed by atoms with Crippen molar-refractivity contribution in [3.8, 4) is 5.75 Å². The zero-order valence-electron chi connectivity index (χ0n) is 16.9. The summed E-state index contributed by atoms with van der Waals surface area (Å²) < 4.78 is 5.23. The fourth-order valence-corrected chi connectivity index (χ4v) is 3.16. The lowest BCUT2D eigenvalue weighted by Crippen LogP contribution is -2.52. The predicted molar refractivity (Wildman–Crippen MR) is 111 cm³/mol. The van der Waals surface area contributed by atoms with Crippen molar-refractivity contribution in [1.82, 2.24) is 14.8 Å². The largest absolute Gasteiger partial charge is 0.497 e. The number of ether oxygens (including phenoxy) is 1. The molecule has 0 spiro atoms. The van der Waals surface area contributed by atoms with E-state index in [1.54, 1.807) is 24.1 Å². The first-order valence-electron chi connectivity index (χ1n) is 9.59. The molecule has 8 nitrogen and oxygen atoms in total. The second-order valence-corrected chi connectivity index (χ2v) is 7.02. The summed E-state index contributed by atoms with van der Waals surface area (Å²) in [5.41, 5.74) is 7.33. The Bertz CT molecular complexity index is 830. The summed E-state index contributed by atoms with van der Waals surface area (Å²) in [6.07, 6.45) is 1.51. The maximum absolute atomic E-state index is 13.3. The molecular weight excluding hydrogens is 370 g/mol. The van der Waals surface area contributed by atoms with Crippen LogP contribution in [0.5, 0.6) is 5.75 Å². The molecule has 2 N–H and O–H groups in total. The topological polar surface area (TPSA) is 92.0 Å². The van der Waals surface area contributed by atoms with Gasteiger partial charge in [0.2, 0.25) is 0 Å². The van der Waals surface area contributed by atoms with Crippen molar-refractivity contribution in [2.75, 3.05) is 51.8 Å². The summed E-state index contributed by atoms with van der Waals surface area (Å²) in [6, 6.07) is 10.8. The number of urea groups is 1. The molecule has 1 aliphatic rings. The zero-order chi connectivity index (χ0) is 20.8. The smallest absolute Gasteiger partial charge is 0.324 e. The van der Waals surface area contributed by atoms with E-state index in [1.807, 2.05) is 29.2 Å². The first-order chi connectivity index (χ1) is 14.0. The molecule has 154 valence electrons. The highest BCUT2D eigenvalue weighted by Crippen LogP contribution is 2.23. The summed E-state index contributed by atoms with van der Waals surface area (Å²) in [4.78, 5) is 35.1. The number of methoxy groups -OCH3 is 1. The van der Waals surface area contributed by atoms with Crippen molar-refractivity contribution in [3.05, 3.63) is 53.9 Å². The van der Waals surface area contributed by atoms with Crippen LogP contribution < -0.4 is 15.4 Å². The first-order valence-corrected chi connectivity index (χ1v) is 9.59. The number of nitrogens with two attached hydrogens (primary N) is 1. The third-order valence-electron chi connectivity index (χ3n) is 5.04. The molecule has 1 aromatic carbocycles. The van der Waals surface area contributed by atoms with Crippen molar-refractivity contribution >= 4 is 17.5 Å². The number of carbonyl (C=O) groups excluding carboxylic acids is 2. The highest BCUT2D eigenvalue weighted by atomic mass is 16.5. The zero-order valence-corrected chi connectivity index (χ0v) is 16.9. The number of nitrogens with zero attached hydrogens (tertiary/aromatic N) is 4. The molecule has 0 atom stereocenters. The molecule has 2 heterocycles. The highest BCUT2D eigenvalue weighted by molar-refractivity contribution is 5.97. The predicted octanol–water partition coefficient (Wildman–Crippen LogP) is 1.61. The van der Waals surface area contributed by atoms with Crippen molar-refractivity contribution in [2.45, 2.75) is 6.54 Å².